The van der Waals surface area contributed by atoms with Crippen molar-refractivity contribution < 1.29 is 24.5 Å². The van der Waals surface area contributed by atoms with Crippen molar-refractivity contribution in [2.75, 3.05) is 13.2 Å². The van der Waals surface area contributed by atoms with Crippen molar-refractivity contribution in [3.05, 3.63) is 24.3 Å². The number of amides is 1. The molecule has 0 aliphatic heterocycles. The van der Waals surface area contributed by atoms with Crippen LogP contribution in [-0.4, -0.2) is 47.4 Å². The van der Waals surface area contributed by atoms with Crippen LogP contribution in [0.3, 0.4) is 0 Å². The zero-order chi connectivity index (χ0) is 55.0. The molecule has 1 amide bonds. The number of unbranched alkanes of at least 4 members (excludes halogenated alkanes) is 52. The van der Waals surface area contributed by atoms with Crippen LogP contribution in [0.1, 0.15) is 386 Å². The molecule has 0 radical (unpaired) electrons. The van der Waals surface area contributed by atoms with Crippen molar-refractivity contribution in [1.29, 1.82) is 0 Å². The molecule has 0 aliphatic carbocycles. The average molecular weight is 1070 g/mol. The first-order valence-electron chi connectivity index (χ1n) is 34.6. The molecule has 450 valence electrons. The summed E-state index contributed by atoms with van der Waals surface area (Å²) in [5.74, 6) is -0.0575. The Labute approximate surface area is 475 Å². The highest BCUT2D eigenvalue weighted by Gasteiger charge is 2.18. The third-order valence-corrected chi connectivity index (χ3v) is 16.2. The molecule has 0 aromatic rings. The Morgan fingerprint density at radius 2 is 0.618 bits per heavy atom. The topological polar surface area (TPSA) is 95.9 Å². The minimum absolute atomic E-state index is 0.0136. The number of rotatable bonds is 65. The van der Waals surface area contributed by atoms with Gasteiger partial charge in [0, 0.05) is 12.8 Å². The number of hydrogen-bond acceptors (Lipinski definition) is 5. The van der Waals surface area contributed by atoms with Gasteiger partial charge >= 0.3 is 5.97 Å². The number of aliphatic hydroxyl groups is 2. The third kappa shape index (κ3) is 61.6. The lowest BCUT2D eigenvalue weighted by atomic mass is 10.0. The van der Waals surface area contributed by atoms with Gasteiger partial charge in [-0.15, -0.1) is 0 Å². The van der Waals surface area contributed by atoms with Crippen LogP contribution in [0.25, 0.3) is 0 Å². The largest absolute Gasteiger partial charge is 0.466 e. The van der Waals surface area contributed by atoms with Crippen LogP contribution in [0, 0.1) is 0 Å². The van der Waals surface area contributed by atoms with E-state index in [0.717, 1.165) is 44.9 Å². The summed E-state index contributed by atoms with van der Waals surface area (Å²) in [5.41, 5.74) is 0. The number of carbonyl (C=O) groups is 2. The molecule has 0 saturated heterocycles. The van der Waals surface area contributed by atoms with Gasteiger partial charge in [-0.2, -0.15) is 0 Å². The first-order valence-corrected chi connectivity index (χ1v) is 34.6. The molecule has 0 aromatic carbocycles. The van der Waals surface area contributed by atoms with Crippen molar-refractivity contribution in [3.8, 4) is 0 Å². The summed E-state index contributed by atoms with van der Waals surface area (Å²) in [5, 5.41) is 23.2. The second kappa shape index (κ2) is 65.9. The van der Waals surface area contributed by atoms with Gasteiger partial charge in [0.15, 0.2) is 0 Å². The summed E-state index contributed by atoms with van der Waals surface area (Å²) in [6.45, 7) is 4.94. The lowest BCUT2D eigenvalue weighted by Gasteiger charge is -2.20. The van der Waals surface area contributed by atoms with Crippen LogP contribution >= 0.6 is 0 Å². The molecule has 0 aromatic heterocycles. The Balaban J connectivity index is 3.43. The van der Waals surface area contributed by atoms with E-state index in [1.807, 2.05) is 6.08 Å². The fraction of sp³-hybridized carbons (Fsp3) is 0.914. The highest BCUT2D eigenvalue weighted by atomic mass is 16.5. The molecule has 0 rings (SSSR count). The predicted octanol–water partition coefficient (Wildman–Crippen LogP) is 22.1. The standard InChI is InChI=1S/C70H135NO5/c1-3-5-7-9-11-13-15-17-19-21-22-25-28-31-34-38-42-46-50-54-58-62-68(73)67(66-72)71-69(74)63-59-55-51-47-43-39-35-32-29-26-23-24-27-30-33-37-41-45-49-53-57-61-65-76-70(75)64-60-56-52-48-44-40-36-20-18-16-14-12-10-8-6-4-2/h26,29,58,62,67-68,72-73H,3-25,27-28,30-57,59-61,63-66H2,1-2H3,(H,71,74)/b29-26-,62-58+. The molecule has 2 unspecified atom stereocenters. The van der Waals surface area contributed by atoms with Gasteiger partial charge in [0.05, 0.1) is 25.4 Å². The summed E-state index contributed by atoms with van der Waals surface area (Å²) in [6, 6.07) is -0.634. The molecule has 0 aliphatic rings. The predicted molar refractivity (Wildman–Crippen MR) is 333 cm³/mol. The summed E-state index contributed by atoms with van der Waals surface area (Å²) in [7, 11) is 0. The number of carbonyl (C=O) groups excluding carboxylic acids is 2. The molecule has 6 nitrogen and oxygen atoms in total. The van der Waals surface area contributed by atoms with E-state index in [2.05, 4.69) is 31.3 Å². The molecule has 0 saturated carbocycles. The van der Waals surface area contributed by atoms with Gasteiger partial charge in [-0.25, -0.2) is 0 Å². The van der Waals surface area contributed by atoms with Gasteiger partial charge < -0.3 is 20.3 Å². The van der Waals surface area contributed by atoms with E-state index in [0.29, 0.717) is 19.4 Å². The van der Waals surface area contributed by atoms with Gasteiger partial charge in [-0.05, 0) is 57.8 Å². The maximum atomic E-state index is 12.5. The molecule has 0 heterocycles. The molecule has 76 heavy (non-hydrogen) atoms. The summed E-state index contributed by atoms with van der Waals surface area (Å²) < 4.78 is 5.50. The van der Waals surface area contributed by atoms with E-state index in [4.69, 9.17) is 4.74 Å². The molecule has 2 atom stereocenters. The van der Waals surface area contributed by atoms with Gasteiger partial charge in [0.25, 0.3) is 0 Å². The monoisotopic (exact) mass is 1070 g/mol. The Bertz CT molecular complexity index is 1190. The SMILES string of the molecule is CCCCCCCCCCCCCCCCCCCCC/C=C/C(O)C(CO)NC(=O)CCCCCCCCC/C=C\CCCCCCCCCCCCCOC(=O)CCCCCCCCCCCCCCCCCC. The highest BCUT2D eigenvalue weighted by molar-refractivity contribution is 5.76. The van der Waals surface area contributed by atoms with E-state index in [-0.39, 0.29) is 18.5 Å². The Kier molecular flexibility index (Phi) is 64.4. The van der Waals surface area contributed by atoms with Crippen LogP contribution in [-0.2, 0) is 14.3 Å². The molecular weight excluding hydrogens is 935 g/mol. The zero-order valence-corrected chi connectivity index (χ0v) is 51.5. The molecular formula is C70H135NO5. The fourth-order valence-corrected chi connectivity index (χ4v) is 10.9. The van der Waals surface area contributed by atoms with E-state index < -0.39 is 12.1 Å². The maximum absolute atomic E-state index is 12.5. The second-order valence-corrected chi connectivity index (χ2v) is 23.9. The Hall–Kier alpha value is -1.66. The number of aliphatic hydroxyl groups excluding tert-OH is 2. The van der Waals surface area contributed by atoms with Crippen LogP contribution < -0.4 is 5.32 Å². The number of esters is 1. The van der Waals surface area contributed by atoms with E-state index in [1.54, 1.807) is 6.08 Å². The van der Waals surface area contributed by atoms with Gasteiger partial charge in [0.2, 0.25) is 5.91 Å². The lowest BCUT2D eigenvalue weighted by Crippen LogP contribution is -2.45. The van der Waals surface area contributed by atoms with Crippen LogP contribution in [0.5, 0.6) is 0 Å². The quantitative estimate of drug-likeness (QED) is 0.0320. The average Bonchev–Trinajstić information content (AvgIpc) is 3.42. The Morgan fingerprint density at radius 1 is 0.355 bits per heavy atom. The van der Waals surface area contributed by atoms with E-state index >= 15 is 0 Å². The minimum Gasteiger partial charge on any atom is -0.466 e. The number of ether oxygens (including phenoxy) is 1. The van der Waals surface area contributed by atoms with Crippen molar-refractivity contribution in [2.24, 2.45) is 0 Å². The summed E-state index contributed by atoms with van der Waals surface area (Å²) in [6.07, 6.45) is 82.4. The Morgan fingerprint density at radius 3 is 0.934 bits per heavy atom. The van der Waals surface area contributed by atoms with E-state index in [9.17, 15) is 19.8 Å². The molecule has 0 bridgehead atoms. The number of hydrogen-bond donors (Lipinski definition) is 3. The lowest BCUT2D eigenvalue weighted by molar-refractivity contribution is -0.143. The van der Waals surface area contributed by atoms with E-state index in [1.165, 1.54) is 315 Å². The smallest absolute Gasteiger partial charge is 0.305 e. The zero-order valence-electron chi connectivity index (χ0n) is 51.5. The summed E-state index contributed by atoms with van der Waals surface area (Å²) in [4.78, 5) is 24.6. The van der Waals surface area contributed by atoms with Crippen molar-refractivity contribution in [1.82, 2.24) is 5.32 Å². The maximum Gasteiger partial charge on any atom is 0.305 e. The number of nitrogens with one attached hydrogen (secondary N) is 1. The first-order chi connectivity index (χ1) is 37.5. The van der Waals surface area contributed by atoms with Crippen LogP contribution in [0.2, 0.25) is 0 Å². The molecule has 0 spiro atoms. The minimum atomic E-state index is -0.850. The highest BCUT2D eigenvalue weighted by Crippen LogP contribution is 2.18. The van der Waals surface area contributed by atoms with Gasteiger partial charge in [-0.1, -0.05) is 340 Å². The van der Waals surface area contributed by atoms with Crippen molar-refractivity contribution in [2.45, 2.75) is 398 Å². The van der Waals surface area contributed by atoms with Crippen LogP contribution in [0.4, 0.5) is 0 Å². The number of allylic oxidation sites excluding steroid dienone is 3. The second-order valence-electron chi connectivity index (χ2n) is 23.9. The fourth-order valence-electron chi connectivity index (χ4n) is 10.9. The summed E-state index contributed by atoms with van der Waals surface area (Å²) >= 11 is 0. The van der Waals surface area contributed by atoms with Gasteiger partial charge in [-0.3, -0.25) is 9.59 Å². The molecule has 3 N–H and O–H groups in total. The normalized spacial score (nSPS) is 12.6. The van der Waals surface area contributed by atoms with Crippen LogP contribution in [0.15, 0.2) is 24.3 Å². The molecule has 0 fully saturated rings. The van der Waals surface area contributed by atoms with Crippen molar-refractivity contribution >= 4 is 11.9 Å². The van der Waals surface area contributed by atoms with Crippen molar-refractivity contribution in [3.63, 3.8) is 0 Å². The third-order valence-electron chi connectivity index (χ3n) is 16.2. The van der Waals surface area contributed by atoms with Gasteiger partial charge in [0.1, 0.15) is 0 Å². The first kappa shape index (κ1) is 74.3. The molecule has 6 heteroatoms.